The van der Waals surface area contributed by atoms with E-state index in [0.29, 0.717) is 42.7 Å². The highest BCUT2D eigenvalue weighted by molar-refractivity contribution is 14.0. The van der Waals surface area contributed by atoms with Gasteiger partial charge in [0.2, 0.25) is 6.79 Å². The maximum atomic E-state index is 12.8. The van der Waals surface area contributed by atoms with Crippen LogP contribution in [0.3, 0.4) is 0 Å². The number of aromatic nitrogens is 3. The lowest BCUT2D eigenvalue weighted by Gasteiger charge is -2.14. The van der Waals surface area contributed by atoms with Gasteiger partial charge in [-0.1, -0.05) is 6.92 Å². The lowest BCUT2D eigenvalue weighted by atomic mass is 10.1. The zero-order chi connectivity index (χ0) is 20.6. The van der Waals surface area contributed by atoms with Crippen molar-refractivity contribution in [3.8, 4) is 17.2 Å². The van der Waals surface area contributed by atoms with Gasteiger partial charge < -0.3 is 29.4 Å². The van der Waals surface area contributed by atoms with Gasteiger partial charge in [0.1, 0.15) is 17.9 Å². The molecule has 166 valence electrons. The average Bonchev–Trinajstić information content (AvgIpc) is 3.33. The molecule has 0 spiro atoms. The van der Waals surface area contributed by atoms with Gasteiger partial charge >= 0.3 is 6.61 Å². The minimum atomic E-state index is -2.94. The summed E-state index contributed by atoms with van der Waals surface area (Å²) < 4.78 is 42.7. The van der Waals surface area contributed by atoms with Gasteiger partial charge in [-0.15, -0.1) is 34.2 Å². The second kappa shape index (κ2) is 11.7. The molecule has 1 aromatic carbocycles. The Labute approximate surface area is 190 Å². The summed E-state index contributed by atoms with van der Waals surface area (Å²) in [5, 5.41) is 14.3. The lowest BCUT2D eigenvalue weighted by molar-refractivity contribution is -0.0505. The smallest absolute Gasteiger partial charge is 0.387 e. The minimum Gasteiger partial charge on any atom is -0.454 e. The molecule has 2 aromatic rings. The molecule has 0 bridgehead atoms. The summed E-state index contributed by atoms with van der Waals surface area (Å²) in [7, 11) is 0. The first-order valence-electron chi connectivity index (χ1n) is 9.36. The van der Waals surface area contributed by atoms with E-state index >= 15 is 0 Å². The van der Waals surface area contributed by atoms with Crippen molar-refractivity contribution in [1.82, 2.24) is 25.4 Å². The summed E-state index contributed by atoms with van der Waals surface area (Å²) in [6.45, 7) is 3.11. The van der Waals surface area contributed by atoms with Crippen molar-refractivity contribution >= 4 is 29.9 Å². The predicted octanol–water partition coefficient (Wildman–Crippen LogP) is 2.54. The molecule has 1 aliphatic rings. The molecule has 9 nitrogen and oxygen atoms in total. The topological polar surface area (TPSA) is 94.8 Å². The highest BCUT2D eigenvalue weighted by Gasteiger charge is 2.20. The molecule has 12 heteroatoms. The fraction of sp³-hybridized carbons (Fsp3) is 0.500. The average molecular weight is 538 g/mol. The molecule has 3 rings (SSSR count). The number of nitrogens with zero attached hydrogens (tertiary/aromatic N) is 4. The molecule has 2 heterocycles. The number of nitrogens with one attached hydrogen (secondary N) is 2. The quantitative estimate of drug-likeness (QED) is 0.288. The normalized spacial score (nSPS) is 12.6. The van der Waals surface area contributed by atoms with Crippen molar-refractivity contribution in [3.63, 3.8) is 0 Å². The second-order valence-corrected chi connectivity index (χ2v) is 6.11. The molecule has 0 fully saturated rings. The first-order valence-corrected chi connectivity index (χ1v) is 9.36. The van der Waals surface area contributed by atoms with Crippen molar-refractivity contribution < 1.29 is 23.0 Å². The SMILES string of the molecule is CCNC(=NCc1cc2c(cc1OC(F)F)OCO2)NCCn1cnnc1CC.I. The van der Waals surface area contributed by atoms with Crippen LogP contribution in [0.4, 0.5) is 8.78 Å². The molecule has 0 radical (unpaired) electrons. The van der Waals surface area contributed by atoms with E-state index in [1.165, 1.54) is 6.07 Å². The Morgan fingerprint density at radius 2 is 2.03 bits per heavy atom. The zero-order valence-corrected chi connectivity index (χ0v) is 19.1. The number of aryl methyl sites for hydroxylation is 1. The number of aliphatic imine (C=N–C) groups is 1. The van der Waals surface area contributed by atoms with E-state index in [2.05, 4.69) is 30.6 Å². The van der Waals surface area contributed by atoms with Crippen LogP contribution in [0, 0.1) is 0 Å². The molecule has 0 saturated carbocycles. The molecule has 0 amide bonds. The van der Waals surface area contributed by atoms with Gasteiger partial charge in [-0.2, -0.15) is 8.78 Å². The van der Waals surface area contributed by atoms with Gasteiger partial charge in [0.05, 0.1) is 6.54 Å². The standard InChI is InChI=1S/C18H24F2N6O3.HI/c1-3-16-25-24-10-26(16)6-5-22-18(21-4-2)23-9-12-7-14-15(28-11-27-14)8-13(12)29-17(19)20;/h7-8,10,17H,3-6,9,11H2,1-2H3,(H2,21,22,23);1H. The largest absolute Gasteiger partial charge is 0.454 e. The van der Waals surface area contributed by atoms with E-state index in [1.54, 1.807) is 12.4 Å². The molecule has 30 heavy (non-hydrogen) atoms. The van der Waals surface area contributed by atoms with Crippen molar-refractivity contribution in [2.24, 2.45) is 4.99 Å². The van der Waals surface area contributed by atoms with Crippen LogP contribution in [0.15, 0.2) is 23.5 Å². The summed E-state index contributed by atoms with van der Waals surface area (Å²) in [5.74, 6) is 2.33. The zero-order valence-electron chi connectivity index (χ0n) is 16.7. The third kappa shape index (κ3) is 6.31. The monoisotopic (exact) mass is 538 g/mol. The Balaban J connectivity index is 0.00000320. The van der Waals surface area contributed by atoms with E-state index in [0.717, 1.165) is 12.2 Å². The third-order valence-electron chi connectivity index (χ3n) is 4.18. The van der Waals surface area contributed by atoms with E-state index < -0.39 is 6.61 Å². The predicted molar refractivity (Wildman–Crippen MR) is 117 cm³/mol. The Morgan fingerprint density at radius 3 is 2.73 bits per heavy atom. The molecule has 1 aliphatic heterocycles. The maximum absolute atomic E-state index is 12.8. The van der Waals surface area contributed by atoms with Crippen LogP contribution in [0.2, 0.25) is 0 Å². The number of fused-ring (bicyclic) bond motifs is 1. The number of ether oxygens (including phenoxy) is 3. The number of hydrogen-bond acceptors (Lipinski definition) is 6. The molecule has 0 unspecified atom stereocenters. The van der Waals surface area contributed by atoms with Crippen LogP contribution < -0.4 is 24.8 Å². The van der Waals surface area contributed by atoms with Gasteiger partial charge in [-0.25, -0.2) is 4.99 Å². The summed E-state index contributed by atoms with van der Waals surface area (Å²) in [4.78, 5) is 4.47. The van der Waals surface area contributed by atoms with Crippen LogP contribution in [0.25, 0.3) is 0 Å². The van der Waals surface area contributed by atoms with Gasteiger partial charge in [-0.05, 0) is 13.0 Å². The maximum Gasteiger partial charge on any atom is 0.387 e. The van der Waals surface area contributed by atoms with E-state index in [-0.39, 0.29) is 43.1 Å². The fourth-order valence-corrected chi connectivity index (χ4v) is 2.83. The Bertz CT molecular complexity index is 849. The van der Waals surface area contributed by atoms with Crippen molar-refractivity contribution in [3.05, 3.63) is 29.8 Å². The summed E-state index contributed by atoms with van der Waals surface area (Å²) in [5.41, 5.74) is 0.471. The van der Waals surface area contributed by atoms with Crippen LogP contribution in [-0.4, -0.2) is 47.2 Å². The molecular weight excluding hydrogens is 513 g/mol. The van der Waals surface area contributed by atoms with Gasteiger partial charge in [0, 0.05) is 37.7 Å². The molecule has 0 saturated heterocycles. The highest BCUT2D eigenvalue weighted by atomic mass is 127. The van der Waals surface area contributed by atoms with Crippen LogP contribution in [-0.2, 0) is 19.5 Å². The first kappa shape index (κ1) is 23.9. The van der Waals surface area contributed by atoms with Gasteiger partial charge in [0.15, 0.2) is 17.5 Å². The van der Waals surface area contributed by atoms with Gasteiger partial charge in [0.25, 0.3) is 0 Å². The molecule has 0 aliphatic carbocycles. The van der Waals surface area contributed by atoms with Crippen molar-refractivity contribution in [2.75, 3.05) is 19.9 Å². The van der Waals surface area contributed by atoms with Crippen molar-refractivity contribution in [2.45, 2.75) is 40.0 Å². The number of guanidine groups is 1. The Morgan fingerprint density at radius 1 is 1.27 bits per heavy atom. The molecule has 2 N–H and O–H groups in total. The van der Waals surface area contributed by atoms with Crippen molar-refractivity contribution in [1.29, 1.82) is 0 Å². The third-order valence-corrected chi connectivity index (χ3v) is 4.18. The van der Waals surface area contributed by atoms with Crippen LogP contribution in [0.1, 0.15) is 25.2 Å². The molecule has 0 atom stereocenters. The Kier molecular flexibility index (Phi) is 9.33. The summed E-state index contributed by atoms with van der Waals surface area (Å²) in [6.07, 6.45) is 2.48. The lowest BCUT2D eigenvalue weighted by Crippen LogP contribution is -2.39. The number of benzene rings is 1. The van der Waals surface area contributed by atoms with E-state index in [1.807, 2.05) is 18.4 Å². The van der Waals surface area contributed by atoms with Crippen LogP contribution >= 0.6 is 24.0 Å². The summed E-state index contributed by atoms with van der Waals surface area (Å²) in [6, 6.07) is 3.01. The van der Waals surface area contributed by atoms with Crippen LogP contribution in [0.5, 0.6) is 17.2 Å². The molecular formula is C18H25F2IN6O3. The number of alkyl halides is 2. The number of halogens is 3. The summed E-state index contributed by atoms with van der Waals surface area (Å²) >= 11 is 0. The van der Waals surface area contributed by atoms with E-state index in [4.69, 9.17) is 9.47 Å². The molecule has 1 aromatic heterocycles. The number of rotatable bonds is 9. The fourth-order valence-electron chi connectivity index (χ4n) is 2.83. The first-order chi connectivity index (χ1) is 14.1. The Hall–Kier alpha value is -2.38. The second-order valence-electron chi connectivity index (χ2n) is 6.11. The van der Waals surface area contributed by atoms with Gasteiger partial charge in [-0.3, -0.25) is 0 Å². The van der Waals surface area contributed by atoms with E-state index in [9.17, 15) is 8.78 Å². The number of hydrogen-bond donors (Lipinski definition) is 2. The highest BCUT2D eigenvalue weighted by Crippen LogP contribution is 2.39. The minimum absolute atomic E-state index is 0.